The van der Waals surface area contributed by atoms with Crippen molar-refractivity contribution >= 4 is 11.7 Å². The fourth-order valence-corrected chi connectivity index (χ4v) is 2.97. The second kappa shape index (κ2) is 8.36. The van der Waals surface area contributed by atoms with Crippen molar-refractivity contribution in [2.45, 2.75) is 25.8 Å². The van der Waals surface area contributed by atoms with Crippen LogP contribution in [0.5, 0.6) is 0 Å². The second-order valence-electron chi connectivity index (χ2n) is 7.02. The van der Waals surface area contributed by atoms with Gasteiger partial charge >= 0.3 is 0 Å². The van der Waals surface area contributed by atoms with Crippen molar-refractivity contribution in [2.75, 3.05) is 32.2 Å². The molecule has 1 aromatic carbocycles. The average Bonchev–Trinajstić information content (AvgIpc) is 3.49. The van der Waals surface area contributed by atoms with Crippen molar-refractivity contribution < 1.29 is 13.9 Å². The van der Waals surface area contributed by atoms with E-state index in [2.05, 4.69) is 16.4 Å². The molecule has 1 aliphatic rings. The van der Waals surface area contributed by atoms with Gasteiger partial charge in [0.1, 0.15) is 17.7 Å². The van der Waals surface area contributed by atoms with Crippen LogP contribution in [0.2, 0.25) is 0 Å². The van der Waals surface area contributed by atoms with Crippen LogP contribution in [0.4, 0.5) is 10.2 Å². The van der Waals surface area contributed by atoms with Crippen LogP contribution < -0.4 is 10.2 Å². The number of nitrogens with one attached hydrogen (secondary N) is 1. The SMILES string of the molecule is COCCN(C)c1ncc(-c2cc(C(=O)NC3CC3)c(F)cc2C)cc1C#N. The molecule has 1 amide bonds. The van der Waals surface area contributed by atoms with Crippen LogP contribution in [0.3, 0.4) is 0 Å². The number of halogens is 1. The van der Waals surface area contributed by atoms with Crippen LogP contribution in [0.25, 0.3) is 11.1 Å². The number of methoxy groups -OCH3 is 1. The Balaban J connectivity index is 1.96. The molecule has 0 aliphatic heterocycles. The number of benzene rings is 1. The number of carbonyl (C=O) groups excluding carboxylic acids is 1. The smallest absolute Gasteiger partial charge is 0.254 e. The Hall–Kier alpha value is -2.98. The maximum absolute atomic E-state index is 14.4. The average molecular weight is 382 g/mol. The summed E-state index contributed by atoms with van der Waals surface area (Å²) in [5, 5.41) is 12.4. The van der Waals surface area contributed by atoms with E-state index in [9.17, 15) is 14.4 Å². The minimum atomic E-state index is -0.552. The van der Waals surface area contributed by atoms with Crippen molar-refractivity contribution in [2.24, 2.45) is 0 Å². The lowest BCUT2D eigenvalue weighted by Gasteiger charge is -2.19. The third kappa shape index (κ3) is 4.29. The molecular weight excluding hydrogens is 359 g/mol. The molecule has 1 aliphatic carbocycles. The van der Waals surface area contributed by atoms with Gasteiger partial charge in [-0.2, -0.15) is 5.26 Å². The first kappa shape index (κ1) is 19.8. The Labute approximate surface area is 163 Å². The highest BCUT2D eigenvalue weighted by atomic mass is 19.1. The van der Waals surface area contributed by atoms with E-state index in [4.69, 9.17) is 4.74 Å². The topological polar surface area (TPSA) is 78.2 Å². The third-order valence-electron chi connectivity index (χ3n) is 4.76. The van der Waals surface area contributed by atoms with E-state index in [1.165, 1.54) is 12.1 Å². The molecule has 1 fully saturated rings. The van der Waals surface area contributed by atoms with E-state index in [-0.39, 0.29) is 11.6 Å². The number of hydrogen-bond donors (Lipinski definition) is 1. The van der Waals surface area contributed by atoms with Crippen LogP contribution in [-0.4, -0.2) is 44.2 Å². The highest BCUT2D eigenvalue weighted by molar-refractivity contribution is 5.96. The molecule has 2 aromatic rings. The maximum Gasteiger partial charge on any atom is 0.254 e. The Bertz CT molecular complexity index is 935. The normalized spacial score (nSPS) is 13.1. The summed E-state index contributed by atoms with van der Waals surface area (Å²) in [6.07, 6.45) is 3.50. The molecule has 6 nitrogen and oxygen atoms in total. The maximum atomic E-state index is 14.4. The monoisotopic (exact) mass is 382 g/mol. The van der Waals surface area contributed by atoms with Crippen molar-refractivity contribution in [1.82, 2.24) is 10.3 Å². The number of pyridine rings is 1. The number of anilines is 1. The fourth-order valence-electron chi connectivity index (χ4n) is 2.97. The number of ether oxygens (including phenoxy) is 1. The van der Waals surface area contributed by atoms with E-state index >= 15 is 0 Å². The number of aryl methyl sites for hydroxylation is 1. The van der Waals surface area contributed by atoms with Crippen molar-refractivity contribution in [3.63, 3.8) is 0 Å². The fraction of sp³-hybridized carbons (Fsp3) is 0.381. The Kier molecular flexibility index (Phi) is 5.90. The molecular formula is C21H23FN4O2. The molecule has 7 heteroatoms. The van der Waals surface area contributed by atoms with Crippen LogP contribution >= 0.6 is 0 Å². The molecule has 0 unspecified atom stereocenters. The molecule has 1 aromatic heterocycles. The van der Waals surface area contributed by atoms with Gasteiger partial charge in [-0.25, -0.2) is 9.37 Å². The quantitative estimate of drug-likeness (QED) is 0.796. The van der Waals surface area contributed by atoms with Crippen LogP contribution in [0.1, 0.15) is 34.3 Å². The largest absolute Gasteiger partial charge is 0.383 e. The van der Waals surface area contributed by atoms with E-state index in [0.717, 1.165) is 12.8 Å². The summed E-state index contributed by atoms with van der Waals surface area (Å²) in [5.74, 6) is -0.413. The number of nitrogens with zero attached hydrogens (tertiary/aromatic N) is 3. The number of rotatable bonds is 7. The number of carbonyl (C=O) groups is 1. The molecule has 3 rings (SSSR count). The summed E-state index contributed by atoms with van der Waals surface area (Å²) >= 11 is 0. The first-order chi connectivity index (χ1) is 13.4. The number of hydrogen-bond acceptors (Lipinski definition) is 5. The van der Waals surface area contributed by atoms with E-state index in [0.29, 0.717) is 41.2 Å². The highest BCUT2D eigenvalue weighted by Crippen LogP contribution is 2.29. The van der Waals surface area contributed by atoms with Crippen molar-refractivity contribution in [1.29, 1.82) is 5.26 Å². The molecule has 0 atom stereocenters. The van der Waals surface area contributed by atoms with E-state index in [1.807, 2.05) is 11.9 Å². The zero-order valence-electron chi connectivity index (χ0n) is 16.3. The van der Waals surface area contributed by atoms with Crippen LogP contribution in [0.15, 0.2) is 24.4 Å². The standard InChI is InChI=1S/C21H23FN4O2/c1-13-8-19(22)18(21(27)25-16-4-5-16)10-17(13)15-9-14(11-23)20(24-12-15)26(2)6-7-28-3/h8-10,12,16H,4-7H2,1-3H3,(H,25,27). The van der Waals surface area contributed by atoms with Gasteiger partial charge in [0.2, 0.25) is 0 Å². The summed E-state index contributed by atoms with van der Waals surface area (Å²) in [6.45, 7) is 2.88. The third-order valence-corrected chi connectivity index (χ3v) is 4.76. The number of amides is 1. The van der Waals surface area contributed by atoms with Gasteiger partial charge in [-0.15, -0.1) is 0 Å². The summed E-state index contributed by atoms with van der Waals surface area (Å²) in [4.78, 5) is 18.6. The van der Waals surface area contributed by atoms with Gasteiger partial charge in [0.25, 0.3) is 5.91 Å². The Morgan fingerprint density at radius 3 is 2.82 bits per heavy atom. The minimum Gasteiger partial charge on any atom is -0.383 e. The lowest BCUT2D eigenvalue weighted by Crippen LogP contribution is -2.26. The lowest BCUT2D eigenvalue weighted by atomic mass is 9.97. The molecule has 0 spiro atoms. The minimum absolute atomic E-state index is 0.00676. The Morgan fingerprint density at radius 1 is 1.43 bits per heavy atom. The van der Waals surface area contributed by atoms with Gasteiger partial charge in [-0.05, 0) is 49.1 Å². The number of aromatic nitrogens is 1. The van der Waals surface area contributed by atoms with Gasteiger partial charge in [0.05, 0.1) is 17.7 Å². The zero-order chi connectivity index (χ0) is 20.3. The first-order valence-electron chi connectivity index (χ1n) is 9.16. The van der Waals surface area contributed by atoms with Crippen LogP contribution in [-0.2, 0) is 4.74 Å². The predicted molar refractivity (Wildman–Crippen MR) is 105 cm³/mol. The highest BCUT2D eigenvalue weighted by Gasteiger charge is 2.25. The number of nitriles is 1. The molecule has 0 saturated heterocycles. The van der Waals surface area contributed by atoms with Gasteiger partial charge in [0, 0.05) is 38.5 Å². The van der Waals surface area contributed by atoms with Crippen LogP contribution in [0, 0.1) is 24.1 Å². The molecule has 0 bridgehead atoms. The molecule has 146 valence electrons. The van der Waals surface area contributed by atoms with Gasteiger partial charge in [-0.1, -0.05) is 0 Å². The lowest BCUT2D eigenvalue weighted by molar-refractivity contribution is 0.0947. The van der Waals surface area contributed by atoms with E-state index < -0.39 is 11.7 Å². The van der Waals surface area contributed by atoms with Crippen molar-refractivity contribution in [3.05, 3.63) is 46.9 Å². The number of likely N-dealkylation sites (N-methyl/N-ethyl adjacent to an activating group) is 1. The summed E-state index contributed by atoms with van der Waals surface area (Å²) in [5.41, 5.74) is 2.43. The first-order valence-corrected chi connectivity index (χ1v) is 9.16. The van der Waals surface area contributed by atoms with Gasteiger partial charge < -0.3 is 15.0 Å². The summed E-state index contributed by atoms with van der Waals surface area (Å²) in [7, 11) is 3.45. The van der Waals surface area contributed by atoms with Gasteiger partial charge in [-0.3, -0.25) is 4.79 Å². The summed E-state index contributed by atoms with van der Waals surface area (Å²) < 4.78 is 19.4. The summed E-state index contributed by atoms with van der Waals surface area (Å²) in [6, 6.07) is 6.91. The molecule has 0 radical (unpaired) electrons. The van der Waals surface area contributed by atoms with Gasteiger partial charge in [0.15, 0.2) is 0 Å². The molecule has 28 heavy (non-hydrogen) atoms. The molecule has 1 N–H and O–H groups in total. The molecule has 1 saturated carbocycles. The predicted octanol–water partition coefficient (Wildman–Crippen LogP) is 3.04. The van der Waals surface area contributed by atoms with Crippen molar-refractivity contribution in [3.8, 4) is 17.2 Å². The molecule has 1 heterocycles. The van der Waals surface area contributed by atoms with E-state index in [1.54, 1.807) is 26.3 Å². The zero-order valence-corrected chi connectivity index (χ0v) is 16.3. The second-order valence-corrected chi connectivity index (χ2v) is 7.02. The Morgan fingerprint density at radius 2 is 2.18 bits per heavy atom.